The number of benzene rings is 2. The van der Waals surface area contributed by atoms with E-state index in [1.165, 1.54) is 13.2 Å². The van der Waals surface area contributed by atoms with Gasteiger partial charge < -0.3 is 19.7 Å². The maximum atomic E-state index is 13.4. The molecule has 4 rings (SSSR count). The van der Waals surface area contributed by atoms with Crippen LogP contribution in [-0.2, 0) is 9.59 Å². The van der Waals surface area contributed by atoms with Crippen molar-refractivity contribution in [2.45, 2.75) is 59.3 Å². The molecule has 0 spiro atoms. The van der Waals surface area contributed by atoms with Crippen LogP contribution in [0.5, 0.6) is 11.5 Å². The highest BCUT2D eigenvalue weighted by Gasteiger charge is 2.43. The van der Waals surface area contributed by atoms with E-state index >= 15 is 0 Å². The molecule has 2 N–H and O–H groups in total. The minimum atomic E-state index is -0.991. The van der Waals surface area contributed by atoms with Crippen molar-refractivity contribution in [1.82, 2.24) is 0 Å². The predicted octanol–water partition coefficient (Wildman–Crippen LogP) is 6.40. The Kier molecular flexibility index (Phi) is 7.24. The van der Waals surface area contributed by atoms with E-state index in [4.69, 9.17) is 9.47 Å². The van der Waals surface area contributed by atoms with Gasteiger partial charge >= 0.3 is 5.97 Å². The number of ether oxygens (including phenoxy) is 2. The van der Waals surface area contributed by atoms with Crippen molar-refractivity contribution in [1.29, 1.82) is 0 Å². The van der Waals surface area contributed by atoms with Gasteiger partial charge in [0.2, 0.25) is 0 Å². The number of methoxy groups -OCH3 is 1. The molecule has 0 heterocycles. The Labute approximate surface area is 222 Å². The summed E-state index contributed by atoms with van der Waals surface area (Å²) in [6.45, 7) is 7.60. The van der Waals surface area contributed by atoms with Crippen LogP contribution in [0.1, 0.15) is 75.2 Å². The van der Waals surface area contributed by atoms with Crippen LogP contribution in [0, 0.1) is 10.8 Å². The number of carbonyl (C=O) groups excluding carboxylic acids is 3. The molecule has 7 heteroatoms. The number of esters is 1. The summed E-state index contributed by atoms with van der Waals surface area (Å²) in [6, 6.07) is 13.3. The number of carbonyl (C=O) groups is 3. The molecule has 2 aromatic rings. The Morgan fingerprint density at radius 3 is 1.79 bits per heavy atom. The molecule has 0 aliphatic heterocycles. The first-order chi connectivity index (χ1) is 17.8. The fraction of sp³-hybridized carbons (Fsp3) is 0.387. The van der Waals surface area contributed by atoms with Crippen LogP contribution in [0.4, 0.5) is 0 Å². The molecule has 0 atom stereocenters. The van der Waals surface area contributed by atoms with Gasteiger partial charge in [-0.25, -0.2) is 4.79 Å². The average Bonchev–Trinajstić information content (AvgIpc) is 2.81. The Morgan fingerprint density at radius 1 is 0.789 bits per heavy atom. The van der Waals surface area contributed by atoms with Crippen LogP contribution in [0.2, 0.25) is 0 Å². The third-order valence-electron chi connectivity index (χ3n) is 7.10. The maximum Gasteiger partial charge on any atom is 0.343 e. The normalized spacial score (nSPS) is 19.1. The van der Waals surface area contributed by atoms with Gasteiger partial charge in [-0.1, -0.05) is 52.0 Å². The second kappa shape index (κ2) is 10.1. The molecule has 0 unspecified atom stereocenters. The van der Waals surface area contributed by atoms with E-state index in [1.54, 1.807) is 42.5 Å². The zero-order chi connectivity index (χ0) is 27.8. The zero-order valence-corrected chi connectivity index (χ0v) is 22.5. The van der Waals surface area contributed by atoms with Gasteiger partial charge in [-0.15, -0.1) is 0 Å². The van der Waals surface area contributed by atoms with Crippen molar-refractivity contribution in [3.63, 3.8) is 0 Å². The molecule has 0 saturated carbocycles. The van der Waals surface area contributed by atoms with E-state index < -0.39 is 22.7 Å². The lowest BCUT2D eigenvalue weighted by Gasteiger charge is -2.36. The second-order valence-corrected chi connectivity index (χ2v) is 11.7. The van der Waals surface area contributed by atoms with E-state index in [2.05, 4.69) is 0 Å². The fourth-order valence-corrected chi connectivity index (χ4v) is 5.42. The summed E-state index contributed by atoms with van der Waals surface area (Å²) >= 11 is 0. The van der Waals surface area contributed by atoms with Crippen molar-refractivity contribution in [3.05, 3.63) is 82.3 Å². The lowest BCUT2D eigenvalue weighted by Crippen LogP contribution is -2.33. The first-order valence-electron chi connectivity index (χ1n) is 12.7. The highest BCUT2D eigenvalue weighted by atomic mass is 16.6. The molecule has 0 amide bonds. The lowest BCUT2D eigenvalue weighted by atomic mass is 9.67. The molecule has 0 aromatic heterocycles. The molecule has 0 fully saturated rings. The molecule has 2 aliphatic rings. The summed E-state index contributed by atoms with van der Waals surface area (Å²) in [7, 11) is 1.42. The second-order valence-electron chi connectivity index (χ2n) is 11.7. The van der Waals surface area contributed by atoms with Gasteiger partial charge in [-0.3, -0.25) is 9.59 Å². The summed E-state index contributed by atoms with van der Waals surface area (Å²) in [4.78, 5) is 39.5. The Balaban J connectivity index is 1.83. The van der Waals surface area contributed by atoms with Crippen molar-refractivity contribution >= 4 is 17.5 Å². The summed E-state index contributed by atoms with van der Waals surface area (Å²) in [5.41, 5.74) is 0.178. The third kappa shape index (κ3) is 5.52. The summed E-state index contributed by atoms with van der Waals surface area (Å²) in [5, 5.41) is 22.2. The molecule has 7 nitrogen and oxygen atoms in total. The topological polar surface area (TPSA) is 110 Å². The van der Waals surface area contributed by atoms with Crippen LogP contribution < -0.4 is 9.47 Å². The predicted molar refractivity (Wildman–Crippen MR) is 142 cm³/mol. The van der Waals surface area contributed by atoms with E-state index in [1.807, 2.05) is 27.7 Å². The molecular weight excluding hydrogens is 484 g/mol. The van der Waals surface area contributed by atoms with Gasteiger partial charge in [0.25, 0.3) is 0 Å². The Morgan fingerprint density at radius 2 is 1.32 bits per heavy atom. The Hall–Kier alpha value is -3.87. The van der Waals surface area contributed by atoms with E-state index in [9.17, 15) is 24.6 Å². The number of aliphatic hydroxyl groups is 2. The third-order valence-corrected chi connectivity index (χ3v) is 7.10. The summed E-state index contributed by atoms with van der Waals surface area (Å²) in [5.74, 6) is -1.92. The minimum Gasteiger partial charge on any atom is -0.512 e. The van der Waals surface area contributed by atoms with Crippen LogP contribution >= 0.6 is 0 Å². The molecule has 38 heavy (non-hydrogen) atoms. The molecule has 0 saturated heterocycles. The van der Waals surface area contributed by atoms with Crippen molar-refractivity contribution < 1.29 is 34.1 Å². The molecule has 200 valence electrons. The van der Waals surface area contributed by atoms with Gasteiger partial charge in [0.05, 0.1) is 12.7 Å². The van der Waals surface area contributed by atoms with E-state index in [0.29, 0.717) is 11.1 Å². The standard InChI is InChI=1S/C31H34O7/c1-30(2)14-20(32)27(21(33)15-30)26(28-22(34)16-31(3,4)17-23(28)35)19-11-12-24(25(13-19)37-5)38-29(36)18-9-7-6-8-10-18/h6-13,26,32,34H,14-17H2,1-5H3. The molecule has 0 radical (unpaired) electrons. The number of allylic oxidation sites excluding steroid dienone is 4. The summed E-state index contributed by atoms with van der Waals surface area (Å²) in [6.07, 6.45) is 0.922. The average molecular weight is 519 g/mol. The monoisotopic (exact) mass is 518 g/mol. The number of hydrogen-bond acceptors (Lipinski definition) is 7. The van der Waals surface area contributed by atoms with Gasteiger partial charge in [0.15, 0.2) is 23.1 Å². The van der Waals surface area contributed by atoms with Crippen molar-refractivity contribution in [2.75, 3.05) is 7.11 Å². The largest absolute Gasteiger partial charge is 0.512 e. The molecule has 0 bridgehead atoms. The zero-order valence-electron chi connectivity index (χ0n) is 22.5. The van der Waals surface area contributed by atoms with Crippen LogP contribution in [0.25, 0.3) is 0 Å². The quantitative estimate of drug-likeness (QED) is 0.336. The first kappa shape index (κ1) is 27.2. The SMILES string of the molecule is COc1cc(C(C2=C(O)CC(C)(C)CC2=O)C2=C(O)CC(C)(C)CC2=O)ccc1OC(=O)c1ccccc1. The van der Waals surface area contributed by atoms with Gasteiger partial charge in [0.1, 0.15) is 11.5 Å². The van der Waals surface area contributed by atoms with Gasteiger partial charge in [0, 0.05) is 42.7 Å². The summed E-state index contributed by atoms with van der Waals surface area (Å²) < 4.78 is 11.1. The smallest absolute Gasteiger partial charge is 0.343 e. The van der Waals surface area contributed by atoms with Crippen LogP contribution in [0.15, 0.2) is 71.2 Å². The number of Topliss-reactive ketones (excluding diaryl/α,β-unsaturated/α-hetero) is 2. The number of hydrogen-bond donors (Lipinski definition) is 2. The number of ketones is 2. The Bertz CT molecular complexity index is 1290. The van der Waals surface area contributed by atoms with E-state index in [-0.39, 0.29) is 71.4 Å². The highest BCUT2D eigenvalue weighted by molar-refractivity contribution is 6.05. The van der Waals surface area contributed by atoms with Crippen molar-refractivity contribution in [3.8, 4) is 11.5 Å². The molecule has 2 aromatic carbocycles. The lowest BCUT2D eigenvalue weighted by molar-refractivity contribution is -0.119. The van der Waals surface area contributed by atoms with E-state index in [0.717, 1.165) is 0 Å². The van der Waals surface area contributed by atoms with Gasteiger partial charge in [-0.2, -0.15) is 0 Å². The minimum absolute atomic E-state index is 0.0901. The van der Waals surface area contributed by atoms with Crippen LogP contribution in [0.3, 0.4) is 0 Å². The van der Waals surface area contributed by atoms with Crippen LogP contribution in [-0.4, -0.2) is 34.9 Å². The van der Waals surface area contributed by atoms with Gasteiger partial charge in [-0.05, 0) is 40.7 Å². The maximum absolute atomic E-state index is 13.4. The molecule has 2 aliphatic carbocycles. The first-order valence-corrected chi connectivity index (χ1v) is 12.7. The number of aliphatic hydroxyl groups excluding tert-OH is 2. The number of rotatable bonds is 6. The fourth-order valence-electron chi connectivity index (χ4n) is 5.42. The highest BCUT2D eigenvalue weighted by Crippen LogP contribution is 2.48. The van der Waals surface area contributed by atoms with Crippen molar-refractivity contribution in [2.24, 2.45) is 10.8 Å². The molecular formula is C31H34O7.